The highest BCUT2D eigenvalue weighted by Crippen LogP contribution is 2.21. The number of hydrogen-bond donors (Lipinski definition) is 1. The van der Waals surface area contributed by atoms with Crippen molar-refractivity contribution in [2.75, 3.05) is 19.7 Å². The molecule has 0 radical (unpaired) electrons. The Morgan fingerprint density at radius 1 is 1.24 bits per heavy atom. The van der Waals surface area contributed by atoms with Gasteiger partial charge in [0, 0.05) is 24.7 Å². The number of sulfonamides is 1. The van der Waals surface area contributed by atoms with Crippen LogP contribution in [-0.4, -0.2) is 44.4 Å². The van der Waals surface area contributed by atoms with E-state index in [1.807, 2.05) is 31.2 Å². The maximum atomic E-state index is 13.2. The Morgan fingerprint density at radius 3 is 2.66 bits per heavy atom. The van der Waals surface area contributed by atoms with Gasteiger partial charge in [0.15, 0.2) is 0 Å². The van der Waals surface area contributed by atoms with E-state index in [-0.39, 0.29) is 30.0 Å². The van der Waals surface area contributed by atoms with Gasteiger partial charge in [-0.3, -0.25) is 4.79 Å². The summed E-state index contributed by atoms with van der Waals surface area (Å²) < 4.78 is 33.1. The van der Waals surface area contributed by atoms with Gasteiger partial charge in [0.1, 0.15) is 0 Å². The molecule has 0 spiro atoms. The van der Waals surface area contributed by atoms with E-state index in [2.05, 4.69) is 5.32 Å². The van der Waals surface area contributed by atoms with Crippen molar-refractivity contribution in [1.29, 1.82) is 0 Å². The van der Waals surface area contributed by atoms with Crippen LogP contribution in [0.4, 0.5) is 0 Å². The topological polar surface area (TPSA) is 75.7 Å². The van der Waals surface area contributed by atoms with Gasteiger partial charge >= 0.3 is 0 Å². The summed E-state index contributed by atoms with van der Waals surface area (Å²) in [5, 5.41) is 3.24. The van der Waals surface area contributed by atoms with Crippen molar-refractivity contribution >= 4 is 27.5 Å². The molecule has 1 amide bonds. The number of carbonyl (C=O) groups is 1. The minimum atomic E-state index is -3.88. The fourth-order valence-electron chi connectivity index (χ4n) is 3.24. The molecule has 0 bridgehead atoms. The first-order chi connectivity index (χ1) is 13.8. The molecular weight excluding hydrogens is 412 g/mol. The molecule has 156 valence electrons. The Kier molecular flexibility index (Phi) is 7.29. The van der Waals surface area contributed by atoms with Crippen molar-refractivity contribution in [3.63, 3.8) is 0 Å². The lowest BCUT2D eigenvalue weighted by Crippen LogP contribution is -2.42. The van der Waals surface area contributed by atoms with Crippen LogP contribution in [0.1, 0.15) is 24.0 Å². The van der Waals surface area contributed by atoms with Crippen molar-refractivity contribution in [2.24, 2.45) is 0 Å². The lowest BCUT2D eigenvalue weighted by atomic mass is 10.1. The summed E-state index contributed by atoms with van der Waals surface area (Å²) in [5.41, 5.74) is 1.84. The average Bonchev–Trinajstić information content (AvgIpc) is 3.20. The van der Waals surface area contributed by atoms with Crippen molar-refractivity contribution in [3.8, 4) is 0 Å². The molecule has 6 nitrogen and oxygen atoms in total. The minimum absolute atomic E-state index is 0.00274. The lowest BCUT2D eigenvalue weighted by Gasteiger charge is -2.22. The van der Waals surface area contributed by atoms with Gasteiger partial charge in [0.25, 0.3) is 0 Å². The molecule has 1 aliphatic rings. The van der Waals surface area contributed by atoms with Crippen molar-refractivity contribution in [2.45, 2.75) is 37.3 Å². The SMILES string of the molecule is Cc1cccc(CN(CC(=O)NCC2CCCO2)S(=O)(=O)c2ccc(Cl)cc2)c1. The second kappa shape index (κ2) is 9.71. The van der Waals surface area contributed by atoms with Crippen LogP contribution in [0.5, 0.6) is 0 Å². The molecule has 8 heteroatoms. The van der Waals surface area contributed by atoms with Gasteiger partial charge < -0.3 is 10.1 Å². The Balaban J connectivity index is 1.78. The van der Waals surface area contributed by atoms with E-state index in [1.165, 1.54) is 28.6 Å². The summed E-state index contributed by atoms with van der Waals surface area (Å²) >= 11 is 5.89. The molecule has 1 atom stereocenters. The number of nitrogens with zero attached hydrogens (tertiary/aromatic N) is 1. The highest BCUT2D eigenvalue weighted by molar-refractivity contribution is 7.89. The quantitative estimate of drug-likeness (QED) is 0.689. The van der Waals surface area contributed by atoms with Gasteiger partial charge in [-0.1, -0.05) is 41.4 Å². The predicted octanol–water partition coefficient (Wildman–Crippen LogP) is 3.13. The highest BCUT2D eigenvalue weighted by atomic mass is 35.5. The summed E-state index contributed by atoms with van der Waals surface area (Å²) in [6, 6.07) is 13.5. The van der Waals surface area contributed by atoms with Gasteiger partial charge in [-0.05, 0) is 49.6 Å². The largest absolute Gasteiger partial charge is 0.376 e. The van der Waals surface area contributed by atoms with Crippen LogP contribution in [0, 0.1) is 6.92 Å². The molecule has 1 saturated heterocycles. The standard InChI is InChI=1S/C21H25ClN2O4S/c1-16-4-2-5-17(12-16)14-24(15-21(25)23-13-19-6-3-11-28-19)29(26,27)20-9-7-18(22)8-10-20/h2,4-5,7-10,12,19H,3,6,11,13-15H2,1H3,(H,23,25). The monoisotopic (exact) mass is 436 g/mol. The molecular formula is C21H25ClN2O4S. The number of halogens is 1. The van der Waals surface area contributed by atoms with Crippen LogP contribution in [0.15, 0.2) is 53.4 Å². The van der Waals surface area contributed by atoms with Crippen LogP contribution in [0.25, 0.3) is 0 Å². The predicted molar refractivity (Wildman–Crippen MR) is 112 cm³/mol. The fourth-order valence-corrected chi connectivity index (χ4v) is 4.76. The smallest absolute Gasteiger partial charge is 0.243 e. The molecule has 1 heterocycles. The van der Waals surface area contributed by atoms with E-state index in [9.17, 15) is 13.2 Å². The molecule has 2 aromatic carbocycles. The van der Waals surface area contributed by atoms with Crippen LogP contribution in [0.3, 0.4) is 0 Å². The molecule has 1 unspecified atom stereocenters. The van der Waals surface area contributed by atoms with Crippen molar-refractivity contribution < 1.29 is 17.9 Å². The average molecular weight is 437 g/mol. The van der Waals surface area contributed by atoms with Crippen LogP contribution in [0.2, 0.25) is 5.02 Å². The summed E-state index contributed by atoms with van der Waals surface area (Å²) in [4.78, 5) is 12.6. The molecule has 0 saturated carbocycles. The number of hydrogen-bond acceptors (Lipinski definition) is 4. The van der Waals surface area contributed by atoms with Gasteiger partial charge in [-0.25, -0.2) is 8.42 Å². The van der Waals surface area contributed by atoms with Gasteiger partial charge in [-0.15, -0.1) is 0 Å². The molecule has 1 aliphatic heterocycles. The Labute approximate surface area is 176 Å². The van der Waals surface area contributed by atoms with E-state index in [0.717, 1.165) is 24.0 Å². The molecule has 0 aliphatic carbocycles. The summed E-state index contributed by atoms with van der Waals surface area (Å²) in [5.74, 6) is -0.356. The zero-order valence-corrected chi connectivity index (χ0v) is 17.9. The third-order valence-electron chi connectivity index (χ3n) is 4.76. The number of aryl methyl sites for hydroxylation is 1. The summed E-state index contributed by atoms with van der Waals surface area (Å²) in [6.45, 7) is 2.85. The first kappa shape index (κ1) is 21.8. The summed E-state index contributed by atoms with van der Waals surface area (Å²) in [7, 11) is -3.88. The third-order valence-corrected chi connectivity index (χ3v) is 6.82. The van der Waals surface area contributed by atoms with E-state index in [1.54, 1.807) is 0 Å². The zero-order valence-electron chi connectivity index (χ0n) is 16.3. The van der Waals surface area contributed by atoms with Crippen LogP contribution < -0.4 is 5.32 Å². The number of nitrogens with one attached hydrogen (secondary N) is 1. The highest BCUT2D eigenvalue weighted by Gasteiger charge is 2.27. The van der Waals surface area contributed by atoms with E-state index in [4.69, 9.17) is 16.3 Å². The van der Waals surface area contributed by atoms with Crippen LogP contribution in [-0.2, 0) is 26.1 Å². The Hall–Kier alpha value is -1.93. The van der Waals surface area contributed by atoms with Gasteiger partial charge in [-0.2, -0.15) is 4.31 Å². The lowest BCUT2D eigenvalue weighted by molar-refractivity contribution is -0.121. The molecule has 0 aromatic heterocycles. The number of amides is 1. The van der Waals surface area contributed by atoms with E-state index < -0.39 is 10.0 Å². The molecule has 3 rings (SSSR count). The fraction of sp³-hybridized carbons (Fsp3) is 0.381. The second-order valence-electron chi connectivity index (χ2n) is 7.16. The maximum absolute atomic E-state index is 13.2. The minimum Gasteiger partial charge on any atom is -0.376 e. The zero-order chi connectivity index (χ0) is 20.9. The van der Waals surface area contributed by atoms with Crippen molar-refractivity contribution in [3.05, 3.63) is 64.7 Å². The number of rotatable bonds is 8. The first-order valence-electron chi connectivity index (χ1n) is 9.54. The molecule has 29 heavy (non-hydrogen) atoms. The van der Waals surface area contributed by atoms with Crippen molar-refractivity contribution in [1.82, 2.24) is 9.62 Å². The third kappa shape index (κ3) is 6.02. The Morgan fingerprint density at radius 2 is 2.00 bits per heavy atom. The number of carbonyl (C=O) groups excluding carboxylic acids is 1. The summed E-state index contributed by atoms with van der Waals surface area (Å²) in [6.07, 6.45) is 1.87. The van der Waals surface area contributed by atoms with Gasteiger partial charge in [0.05, 0.1) is 17.5 Å². The first-order valence-corrected chi connectivity index (χ1v) is 11.4. The molecule has 1 fully saturated rings. The molecule has 1 N–H and O–H groups in total. The molecule has 2 aromatic rings. The van der Waals surface area contributed by atoms with Gasteiger partial charge in [0.2, 0.25) is 15.9 Å². The number of ether oxygens (including phenoxy) is 1. The van der Waals surface area contributed by atoms with Crippen LogP contribution >= 0.6 is 11.6 Å². The second-order valence-corrected chi connectivity index (χ2v) is 9.53. The normalized spacial score (nSPS) is 16.9. The maximum Gasteiger partial charge on any atom is 0.243 e. The van der Waals surface area contributed by atoms with E-state index >= 15 is 0 Å². The van der Waals surface area contributed by atoms with E-state index in [0.29, 0.717) is 18.2 Å². The number of benzene rings is 2. The Bertz CT molecular complexity index is 941.